The molecule has 0 spiro atoms. The number of hydrogen-bond acceptors (Lipinski definition) is 6. The molecule has 1 aromatic rings. The van der Waals surface area contributed by atoms with Crippen molar-refractivity contribution in [2.75, 3.05) is 50.5 Å². The van der Waals surface area contributed by atoms with Gasteiger partial charge in [-0.05, 0) is 32.9 Å². The molecule has 0 amide bonds. The Hall–Kier alpha value is -1.40. The zero-order valence-corrected chi connectivity index (χ0v) is 12.5. The molecule has 2 heterocycles. The quantitative estimate of drug-likeness (QED) is 0.753. The van der Waals surface area contributed by atoms with Crippen LogP contribution in [0.25, 0.3) is 0 Å². The summed E-state index contributed by atoms with van der Waals surface area (Å²) in [5, 5.41) is 6.60. The van der Waals surface area contributed by atoms with Gasteiger partial charge in [0.1, 0.15) is 18.2 Å². The van der Waals surface area contributed by atoms with Crippen LogP contribution in [0.1, 0.15) is 25.6 Å². The van der Waals surface area contributed by atoms with Gasteiger partial charge >= 0.3 is 0 Å². The van der Waals surface area contributed by atoms with Gasteiger partial charge in [0.15, 0.2) is 5.82 Å². The van der Waals surface area contributed by atoms with E-state index in [9.17, 15) is 0 Å². The molecule has 1 saturated heterocycles. The fourth-order valence-corrected chi connectivity index (χ4v) is 2.40. The molecule has 0 aliphatic carbocycles. The summed E-state index contributed by atoms with van der Waals surface area (Å²) in [5.41, 5.74) is 0. The smallest absolute Gasteiger partial charge is 0.158 e. The summed E-state index contributed by atoms with van der Waals surface area (Å²) in [7, 11) is 1.66. The van der Waals surface area contributed by atoms with Crippen LogP contribution in [0.5, 0.6) is 0 Å². The minimum atomic E-state index is 0.431. The lowest BCUT2D eigenvalue weighted by atomic mass is 10.4. The number of hydrogen-bond donors (Lipinski definition) is 2. The van der Waals surface area contributed by atoms with E-state index in [4.69, 9.17) is 4.74 Å². The van der Waals surface area contributed by atoms with Crippen LogP contribution < -0.4 is 10.6 Å². The number of aromatic nitrogens is 2. The first-order valence-electron chi connectivity index (χ1n) is 7.39. The molecule has 20 heavy (non-hydrogen) atoms. The number of likely N-dealkylation sites (tertiary alicyclic amines) is 1. The Bertz CT molecular complexity index is 382. The average molecular weight is 279 g/mol. The number of methoxy groups -OCH3 is 1. The largest absolute Gasteiger partial charge is 0.377 e. The normalized spacial score (nSPS) is 15.5. The van der Waals surface area contributed by atoms with E-state index < -0.39 is 0 Å². The van der Waals surface area contributed by atoms with Gasteiger partial charge in [-0.25, -0.2) is 9.97 Å². The SMILES string of the molecule is CCNc1cc(NCCN2CCCC2)nc(COC)n1. The zero-order valence-electron chi connectivity index (χ0n) is 12.5. The van der Waals surface area contributed by atoms with Crippen molar-refractivity contribution in [1.29, 1.82) is 0 Å². The molecule has 2 N–H and O–H groups in total. The lowest BCUT2D eigenvalue weighted by molar-refractivity contribution is 0.178. The van der Waals surface area contributed by atoms with Gasteiger partial charge in [-0.3, -0.25) is 0 Å². The van der Waals surface area contributed by atoms with Crippen molar-refractivity contribution in [2.24, 2.45) is 0 Å². The Morgan fingerprint density at radius 2 is 1.90 bits per heavy atom. The van der Waals surface area contributed by atoms with Gasteiger partial charge < -0.3 is 20.3 Å². The first-order valence-corrected chi connectivity index (χ1v) is 7.39. The van der Waals surface area contributed by atoms with Crippen LogP contribution in [-0.2, 0) is 11.3 Å². The molecule has 1 aliphatic rings. The number of rotatable bonds is 8. The summed E-state index contributed by atoms with van der Waals surface area (Å²) >= 11 is 0. The molecular weight excluding hydrogens is 254 g/mol. The summed E-state index contributed by atoms with van der Waals surface area (Å²) in [4.78, 5) is 11.3. The van der Waals surface area contributed by atoms with Gasteiger partial charge in [0.25, 0.3) is 0 Å². The lowest BCUT2D eigenvalue weighted by Crippen LogP contribution is -2.26. The second-order valence-corrected chi connectivity index (χ2v) is 4.99. The van der Waals surface area contributed by atoms with Gasteiger partial charge in [0.2, 0.25) is 0 Å². The van der Waals surface area contributed by atoms with Gasteiger partial charge in [0.05, 0.1) is 0 Å². The van der Waals surface area contributed by atoms with Crippen LogP contribution >= 0.6 is 0 Å². The maximum Gasteiger partial charge on any atom is 0.158 e. The van der Waals surface area contributed by atoms with E-state index in [0.717, 1.165) is 31.3 Å². The molecule has 0 bridgehead atoms. The first-order chi connectivity index (χ1) is 9.81. The van der Waals surface area contributed by atoms with Crippen molar-refractivity contribution >= 4 is 11.6 Å². The molecule has 6 nitrogen and oxygen atoms in total. The second-order valence-electron chi connectivity index (χ2n) is 4.99. The standard InChI is InChI=1S/C14H25N5O/c1-3-15-12-10-13(18-14(17-12)11-20-2)16-6-9-19-7-4-5-8-19/h10H,3-9,11H2,1-2H3,(H2,15,16,17,18). The molecule has 112 valence electrons. The summed E-state index contributed by atoms with van der Waals surface area (Å²) < 4.78 is 5.11. The van der Waals surface area contributed by atoms with E-state index in [1.54, 1.807) is 7.11 Å². The number of anilines is 2. The van der Waals surface area contributed by atoms with E-state index in [2.05, 4.69) is 32.4 Å². The predicted molar refractivity (Wildman–Crippen MR) is 81.1 cm³/mol. The average Bonchev–Trinajstić information content (AvgIpc) is 2.92. The highest BCUT2D eigenvalue weighted by atomic mass is 16.5. The van der Waals surface area contributed by atoms with Crippen molar-refractivity contribution in [3.63, 3.8) is 0 Å². The third kappa shape index (κ3) is 4.61. The van der Waals surface area contributed by atoms with Gasteiger partial charge in [-0.15, -0.1) is 0 Å². The fraction of sp³-hybridized carbons (Fsp3) is 0.714. The van der Waals surface area contributed by atoms with E-state index >= 15 is 0 Å². The molecule has 2 rings (SSSR count). The van der Waals surface area contributed by atoms with E-state index in [1.165, 1.54) is 25.9 Å². The van der Waals surface area contributed by atoms with Crippen molar-refractivity contribution < 1.29 is 4.74 Å². The summed E-state index contributed by atoms with van der Waals surface area (Å²) in [6, 6.07) is 1.95. The number of nitrogens with zero attached hydrogens (tertiary/aromatic N) is 3. The molecule has 0 saturated carbocycles. The fourth-order valence-electron chi connectivity index (χ4n) is 2.40. The van der Waals surface area contributed by atoms with E-state index in [0.29, 0.717) is 12.4 Å². The molecule has 1 aromatic heterocycles. The molecule has 0 unspecified atom stereocenters. The van der Waals surface area contributed by atoms with Crippen LogP contribution in [0.2, 0.25) is 0 Å². The predicted octanol–water partition coefficient (Wildman–Crippen LogP) is 1.56. The summed E-state index contributed by atoms with van der Waals surface area (Å²) in [6.45, 7) is 7.76. The topological polar surface area (TPSA) is 62.3 Å². The maximum absolute atomic E-state index is 5.11. The minimum absolute atomic E-state index is 0.431. The van der Waals surface area contributed by atoms with E-state index in [-0.39, 0.29) is 0 Å². The number of nitrogens with one attached hydrogen (secondary N) is 2. The van der Waals surface area contributed by atoms with Gasteiger partial charge in [-0.1, -0.05) is 0 Å². The molecule has 1 fully saturated rings. The number of ether oxygens (including phenoxy) is 1. The highest BCUT2D eigenvalue weighted by Gasteiger charge is 2.10. The Balaban J connectivity index is 1.90. The maximum atomic E-state index is 5.11. The second kappa shape index (κ2) is 8.01. The van der Waals surface area contributed by atoms with Gasteiger partial charge in [0, 0.05) is 32.8 Å². The molecule has 6 heteroatoms. The third-order valence-electron chi connectivity index (χ3n) is 3.34. The van der Waals surface area contributed by atoms with Crippen molar-refractivity contribution in [3.05, 3.63) is 11.9 Å². The Kier molecular flexibility index (Phi) is 6.01. The minimum Gasteiger partial charge on any atom is -0.377 e. The van der Waals surface area contributed by atoms with Crippen LogP contribution in [0, 0.1) is 0 Å². The highest BCUT2D eigenvalue weighted by molar-refractivity contribution is 5.47. The molecule has 0 radical (unpaired) electrons. The van der Waals surface area contributed by atoms with E-state index in [1.807, 2.05) is 6.07 Å². The molecular formula is C14H25N5O. The molecule has 0 aromatic carbocycles. The van der Waals surface area contributed by atoms with Crippen molar-refractivity contribution in [2.45, 2.75) is 26.4 Å². The van der Waals surface area contributed by atoms with Crippen LogP contribution in [0.4, 0.5) is 11.6 Å². The lowest BCUT2D eigenvalue weighted by Gasteiger charge is -2.15. The Morgan fingerprint density at radius 3 is 2.55 bits per heavy atom. The molecule has 1 aliphatic heterocycles. The first kappa shape index (κ1) is 15.0. The Morgan fingerprint density at radius 1 is 1.20 bits per heavy atom. The van der Waals surface area contributed by atoms with Crippen LogP contribution in [0.15, 0.2) is 6.07 Å². The highest BCUT2D eigenvalue weighted by Crippen LogP contribution is 2.12. The monoisotopic (exact) mass is 279 g/mol. The van der Waals surface area contributed by atoms with Crippen LogP contribution in [-0.4, -0.2) is 54.7 Å². The summed E-state index contributed by atoms with van der Waals surface area (Å²) in [5.74, 6) is 2.41. The third-order valence-corrected chi connectivity index (χ3v) is 3.34. The van der Waals surface area contributed by atoms with Gasteiger partial charge in [-0.2, -0.15) is 0 Å². The van der Waals surface area contributed by atoms with Crippen molar-refractivity contribution in [3.8, 4) is 0 Å². The summed E-state index contributed by atoms with van der Waals surface area (Å²) in [6.07, 6.45) is 2.66. The van der Waals surface area contributed by atoms with Crippen molar-refractivity contribution in [1.82, 2.24) is 14.9 Å². The molecule has 0 atom stereocenters. The Labute approximate surface area is 120 Å². The van der Waals surface area contributed by atoms with Crippen LogP contribution in [0.3, 0.4) is 0 Å². The zero-order chi connectivity index (χ0) is 14.2.